The quantitative estimate of drug-likeness (QED) is 0.454. The standard InChI is InChI=1S/C15H20N2O4/c1-3-9-16-15(18)8-6-12-5-7-14(21-10-4-2)13(11-12)17(19)20/h5-8,11H,3-4,9-10H2,1-2H3,(H,16,18)/b8-6+. The number of rotatable bonds is 8. The van der Waals surface area contributed by atoms with Crippen molar-refractivity contribution in [3.05, 3.63) is 40.0 Å². The molecule has 0 heterocycles. The molecule has 0 radical (unpaired) electrons. The first-order chi connectivity index (χ1) is 10.1. The average Bonchev–Trinajstić information content (AvgIpc) is 2.48. The number of carbonyl (C=O) groups is 1. The molecule has 0 unspecified atom stereocenters. The first-order valence-corrected chi connectivity index (χ1v) is 6.95. The summed E-state index contributed by atoms with van der Waals surface area (Å²) >= 11 is 0. The molecular formula is C15H20N2O4. The van der Waals surface area contributed by atoms with Gasteiger partial charge in [0.05, 0.1) is 11.5 Å². The number of carbonyl (C=O) groups excluding carboxylic acids is 1. The zero-order valence-electron chi connectivity index (χ0n) is 12.3. The van der Waals surface area contributed by atoms with Crippen molar-refractivity contribution >= 4 is 17.7 Å². The van der Waals surface area contributed by atoms with Crippen molar-refractivity contribution in [2.24, 2.45) is 0 Å². The van der Waals surface area contributed by atoms with Crippen LogP contribution in [0.1, 0.15) is 32.3 Å². The molecule has 0 spiro atoms. The molecular weight excluding hydrogens is 272 g/mol. The molecule has 1 aromatic rings. The van der Waals surface area contributed by atoms with Gasteiger partial charge in [0.25, 0.3) is 0 Å². The average molecular weight is 292 g/mol. The highest BCUT2D eigenvalue weighted by Gasteiger charge is 2.15. The topological polar surface area (TPSA) is 81.5 Å². The van der Waals surface area contributed by atoms with Gasteiger partial charge in [-0.1, -0.05) is 19.9 Å². The molecule has 0 bridgehead atoms. The first kappa shape index (κ1) is 16.7. The summed E-state index contributed by atoms with van der Waals surface area (Å²) < 4.78 is 5.34. The van der Waals surface area contributed by atoms with Crippen molar-refractivity contribution in [1.82, 2.24) is 5.32 Å². The van der Waals surface area contributed by atoms with E-state index in [2.05, 4.69) is 5.32 Å². The fourth-order valence-corrected chi connectivity index (χ4v) is 1.59. The lowest BCUT2D eigenvalue weighted by atomic mass is 10.1. The zero-order valence-corrected chi connectivity index (χ0v) is 12.3. The van der Waals surface area contributed by atoms with Gasteiger partial charge in [0.2, 0.25) is 5.91 Å². The Morgan fingerprint density at radius 3 is 2.76 bits per heavy atom. The molecule has 1 amide bonds. The second-order valence-electron chi connectivity index (χ2n) is 4.46. The van der Waals surface area contributed by atoms with E-state index >= 15 is 0 Å². The van der Waals surface area contributed by atoms with Crippen LogP contribution in [0.4, 0.5) is 5.69 Å². The Kier molecular flexibility index (Phi) is 6.94. The molecule has 1 aromatic carbocycles. The number of hydrogen-bond acceptors (Lipinski definition) is 4. The van der Waals surface area contributed by atoms with Gasteiger partial charge in [-0.2, -0.15) is 0 Å². The highest BCUT2D eigenvalue weighted by molar-refractivity contribution is 5.91. The maximum Gasteiger partial charge on any atom is 0.311 e. The molecule has 0 aliphatic carbocycles. The van der Waals surface area contributed by atoms with E-state index in [0.29, 0.717) is 18.7 Å². The molecule has 114 valence electrons. The fraction of sp³-hybridized carbons (Fsp3) is 0.400. The monoisotopic (exact) mass is 292 g/mol. The number of nitrogens with one attached hydrogen (secondary N) is 1. The second kappa shape index (κ2) is 8.73. The highest BCUT2D eigenvalue weighted by atomic mass is 16.6. The van der Waals surface area contributed by atoms with E-state index in [9.17, 15) is 14.9 Å². The van der Waals surface area contributed by atoms with Gasteiger partial charge >= 0.3 is 5.69 Å². The van der Waals surface area contributed by atoms with Crippen LogP contribution in [0.25, 0.3) is 6.08 Å². The number of nitrogens with zero attached hydrogens (tertiary/aromatic N) is 1. The smallest absolute Gasteiger partial charge is 0.311 e. The zero-order chi connectivity index (χ0) is 15.7. The highest BCUT2D eigenvalue weighted by Crippen LogP contribution is 2.28. The molecule has 0 aromatic heterocycles. The van der Waals surface area contributed by atoms with Gasteiger partial charge in [-0.15, -0.1) is 0 Å². The Balaban J connectivity index is 2.85. The van der Waals surface area contributed by atoms with Crippen molar-refractivity contribution < 1.29 is 14.5 Å². The number of nitro groups is 1. The predicted octanol–water partition coefficient (Wildman–Crippen LogP) is 2.92. The molecule has 1 N–H and O–H groups in total. The normalized spacial score (nSPS) is 10.6. The van der Waals surface area contributed by atoms with Crippen LogP contribution < -0.4 is 10.1 Å². The third kappa shape index (κ3) is 5.64. The third-order valence-corrected chi connectivity index (χ3v) is 2.62. The number of amides is 1. The molecule has 0 fully saturated rings. The van der Waals surface area contributed by atoms with Gasteiger partial charge in [0.15, 0.2) is 5.75 Å². The minimum absolute atomic E-state index is 0.0976. The summed E-state index contributed by atoms with van der Waals surface area (Å²) in [7, 11) is 0. The largest absolute Gasteiger partial charge is 0.487 e. The summed E-state index contributed by atoms with van der Waals surface area (Å²) in [6.45, 7) is 4.92. The SMILES string of the molecule is CCCNC(=O)/C=C/c1ccc(OCCC)c([N+](=O)[O-])c1. The van der Waals surface area contributed by atoms with Crippen LogP contribution in [0.2, 0.25) is 0 Å². The van der Waals surface area contributed by atoms with Crippen LogP contribution in [0.5, 0.6) is 5.75 Å². The van der Waals surface area contributed by atoms with E-state index in [1.807, 2.05) is 13.8 Å². The molecule has 0 aliphatic heterocycles. The lowest BCUT2D eigenvalue weighted by Gasteiger charge is -2.05. The fourth-order valence-electron chi connectivity index (χ4n) is 1.59. The Bertz CT molecular complexity index is 526. The van der Waals surface area contributed by atoms with Crippen molar-refractivity contribution in [2.45, 2.75) is 26.7 Å². The van der Waals surface area contributed by atoms with E-state index < -0.39 is 4.92 Å². The van der Waals surface area contributed by atoms with Crippen molar-refractivity contribution in [2.75, 3.05) is 13.2 Å². The van der Waals surface area contributed by atoms with Crippen LogP contribution in [0.3, 0.4) is 0 Å². The maximum absolute atomic E-state index is 11.4. The molecule has 21 heavy (non-hydrogen) atoms. The number of ether oxygens (including phenoxy) is 1. The Morgan fingerprint density at radius 2 is 2.14 bits per heavy atom. The van der Waals surface area contributed by atoms with Gasteiger partial charge in [-0.3, -0.25) is 14.9 Å². The van der Waals surface area contributed by atoms with E-state index in [-0.39, 0.29) is 17.3 Å². The Morgan fingerprint density at radius 1 is 1.38 bits per heavy atom. The molecule has 1 rings (SSSR count). The number of nitro benzene ring substituents is 1. The van der Waals surface area contributed by atoms with Gasteiger partial charge < -0.3 is 10.1 Å². The summed E-state index contributed by atoms with van der Waals surface area (Å²) in [5.41, 5.74) is 0.483. The summed E-state index contributed by atoms with van der Waals surface area (Å²) in [6.07, 6.45) is 4.54. The summed E-state index contributed by atoms with van der Waals surface area (Å²) in [4.78, 5) is 22.0. The number of hydrogen-bond donors (Lipinski definition) is 1. The molecule has 6 heteroatoms. The summed E-state index contributed by atoms with van der Waals surface area (Å²) in [6, 6.07) is 4.63. The molecule has 0 atom stereocenters. The molecule has 0 aliphatic rings. The van der Waals surface area contributed by atoms with Gasteiger partial charge in [-0.25, -0.2) is 0 Å². The minimum atomic E-state index is -0.487. The molecule has 6 nitrogen and oxygen atoms in total. The molecule has 0 saturated carbocycles. The second-order valence-corrected chi connectivity index (χ2v) is 4.46. The first-order valence-electron chi connectivity index (χ1n) is 6.95. The van der Waals surface area contributed by atoms with Gasteiger partial charge in [-0.05, 0) is 30.5 Å². The van der Waals surface area contributed by atoms with Crippen LogP contribution >= 0.6 is 0 Å². The van der Waals surface area contributed by atoms with Gasteiger partial charge in [0, 0.05) is 18.7 Å². The van der Waals surface area contributed by atoms with E-state index in [4.69, 9.17) is 4.74 Å². The van der Waals surface area contributed by atoms with Crippen molar-refractivity contribution in [3.63, 3.8) is 0 Å². The predicted molar refractivity (Wildman–Crippen MR) is 81.2 cm³/mol. The van der Waals surface area contributed by atoms with Crippen LogP contribution in [0.15, 0.2) is 24.3 Å². The van der Waals surface area contributed by atoms with E-state index in [1.165, 1.54) is 12.1 Å². The maximum atomic E-state index is 11.4. The lowest BCUT2D eigenvalue weighted by molar-refractivity contribution is -0.385. The number of benzene rings is 1. The van der Waals surface area contributed by atoms with Crippen LogP contribution in [-0.4, -0.2) is 24.0 Å². The van der Waals surface area contributed by atoms with E-state index in [0.717, 1.165) is 12.8 Å². The van der Waals surface area contributed by atoms with Crippen LogP contribution in [-0.2, 0) is 4.79 Å². The van der Waals surface area contributed by atoms with Crippen LogP contribution in [0, 0.1) is 10.1 Å². The van der Waals surface area contributed by atoms with E-state index in [1.54, 1.807) is 18.2 Å². The van der Waals surface area contributed by atoms with Gasteiger partial charge in [0.1, 0.15) is 0 Å². The van der Waals surface area contributed by atoms with Crippen molar-refractivity contribution in [3.8, 4) is 5.75 Å². The Labute approximate surface area is 124 Å². The lowest BCUT2D eigenvalue weighted by Crippen LogP contribution is -2.21. The Hall–Kier alpha value is -2.37. The third-order valence-electron chi connectivity index (χ3n) is 2.62. The van der Waals surface area contributed by atoms with Crippen molar-refractivity contribution in [1.29, 1.82) is 0 Å². The molecule has 0 saturated heterocycles. The summed E-state index contributed by atoms with van der Waals surface area (Å²) in [5.74, 6) is 0.0280. The summed E-state index contributed by atoms with van der Waals surface area (Å²) in [5, 5.41) is 13.7. The minimum Gasteiger partial charge on any atom is -0.487 e.